The number of likely N-dealkylation sites (tertiary alicyclic amines) is 1. The molecule has 1 fully saturated rings. The van der Waals surface area contributed by atoms with Crippen molar-refractivity contribution in [2.75, 3.05) is 6.54 Å². The number of hydrogen-bond acceptors (Lipinski definition) is 5. The van der Waals surface area contributed by atoms with E-state index >= 15 is 0 Å². The van der Waals surface area contributed by atoms with Crippen LogP contribution >= 0.6 is 0 Å². The first-order valence-electron chi connectivity index (χ1n) is 13.1. The molecule has 8 nitrogen and oxygen atoms in total. The molecular weight excluding hydrogens is 468 g/mol. The van der Waals surface area contributed by atoms with Crippen LogP contribution in [0.1, 0.15) is 70.3 Å². The molecule has 3 heterocycles. The highest BCUT2D eigenvalue weighted by molar-refractivity contribution is 5.90. The Hall–Kier alpha value is -3.26. The predicted molar refractivity (Wildman–Crippen MR) is 140 cm³/mol. The number of H-pyrrole nitrogens is 1. The number of carbonyl (C=O) groups excluding carboxylic acids is 2. The van der Waals surface area contributed by atoms with Crippen molar-refractivity contribution < 1.29 is 23.8 Å². The van der Waals surface area contributed by atoms with E-state index in [-0.39, 0.29) is 36.0 Å². The second kappa shape index (κ2) is 10.6. The van der Waals surface area contributed by atoms with Crippen molar-refractivity contribution in [3.8, 4) is 11.3 Å². The number of ketones is 1. The van der Waals surface area contributed by atoms with Gasteiger partial charge in [0.05, 0.1) is 24.0 Å². The lowest BCUT2D eigenvalue weighted by Crippen LogP contribution is -2.55. The molecule has 3 unspecified atom stereocenters. The minimum Gasteiger partial charge on any atom is -0.443 e. The molecule has 3 atom stereocenters. The van der Waals surface area contributed by atoms with Crippen molar-refractivity contribution in [2.24, 2.45) is 5.92 Å². The van der Waals surface area contributed by atoms with E-state index in [1.54, 1.807) is 4.90 Å². The Balaban J connectivity index is 1.45. The molecule has 37 heavy (non-hydrogen) atoms. The Morgan fingerprint density at radius 2 is 1.95 bits per heavy atom. The van der Waals surface area contributed by atoms with E-state index in [2.05, 4.69) is 30.9 Å². The summed E-state index contributed by atoms with van der Waals surface area (Å²) in [6, 6.07) is 6.81. The van der Waals surface area contributed by atoms with Crippen LogP contribution in [0.3, 0.4) is 0 Å². The smallest absolute Gasteiger partial charge is 0.295 e. The van der Waals surface area contributed by atoms with Crippen molar-refractivity contribution >= 4 is 11.7 Å². The van der Waals surface area contributed by atoms with Crippen LogP contribution in [0.15, 0.2) is 47.5 Å². The first-order chi connectivity index (χ1) is 17.5. The Morgan fingerprint density at radius 1 is 1.24 bits per heavy atom. The van der Waals surface area contributed by atoms with Gasteiger partial charge in [-0.05, 0) is 24.3 Å². The van der Waals surface area contributed by atoms with Gasteiger partial charge in [0.15, 0.2) is 24.1 Å². The van der Waals surface area contributed by atoms with E-state index in [1.165, 1.54) is 6.39 Å². The summed E-state index contributed by atoms with van der Waals surface area (Å²) < 4.78 is 7.30. The molecule has 1 aromatic carbocycles. The molecule has 1 saturated heterocycles. The van der Waals surface area contributed by atoms with Crippen LogP contribution in [0.25, 0.3) is 11.3 Å². The number of hydrogen-bond donors (Lipinski definition) is 2. The molecule has 4 rings (SSSR count). The molecule has 0 aliphatic carbocycles. The van der Waals surface area contributed by atoms with E-state index in [4.69, 9.17) is 4.42 Å². The highest BCUT2D eigenvalue weighted by Gasteiger charge is 2.45. The van der Waals surface area contributed by atoms with E-state index in [0.717, 1.165) is 28.1 Å². The summed E-state index contributed by atoms with van der Waals surface area (Å²) in [6.45, 7) is 12.5. The Morgan fingerprint density at radius 3 is 2.51 bits per heavy atom. The number of aliphatic hydroxyl groups excluding tert-OH is 1. The normalized spacial score (nSPS) is 19.0. The SMILES string of the molecule is Cc1ncoc1-c1ccc(CCC(=O)C2CC(O)CN2C(=O)C(C(C)C)[n+]2cc(C(C)(C)C)c[nH]2)cc1. The van der Waals surface area contributed by atoms with Gasteiger partial charge in [-0.3, -0.25) is 9.59 Å². The molecule has 2 N–H and O–H groups in total. The molecule has 3 aromatic rings. The number of carbonyl (C=O) groups is 2. The fourth-order valence-electron chi connectivity index (χ4n) is 5.03. The quantitative estimate of drug-likeness (QED) is 0.450. The van der Waals surface area contributed by atoms with E-state index in [9.17, 15) is 14.7 Å². The van der Waals surface area contributed by atoms with Gasteiger partial charge in [-0.2, -0.15) is 5.10 Å². The molecule has 0 radical (unpaired) electrons. The summed E-state index contributed by atoms with van der Waals surface area (Å²) in [5.74, 6) is 0.591. The number of aromatic amines is 1. The molecule has 198 valence electrons. The minimum absolute atomic E-state index is 0.00368. The van der Waals surface area contributed by atoms with Gasteiger partial charge < -0.3 is 14.4 Å². The fourth-order valence-corrected chi connectivity index (χ4v) is 5.03. The van der Waals surface area contributed by atoms with Crippen LogP contribution in [-0.4, -0.2) is 50.5 Å². The largest absolute Gasteiger partial charge is 0.443 e. The third-order valence-electron chi connectivity index (χ3n) is 7.25. The number of β-amino-alcohol motifs (C(OH)–C–C–N with tert-alkyl or cyclic N) is 1. The number of aliphatic hydroxyl groups is 1. The highest BCUT2D eigenvalue weighted by atomic mass is 16.3. The van der Waals surface area contributed by atoms with Crippen LogP contribution in [0, 0.1) is 12.8 Å². The summed E-state index contributed by atoms with van der Waals surface area (Å²) in [7, 11) is 0. The number of benzene rings is 1. The molecule has 1 amide bonds. The first kappa shape index (κ1) is 26.8. The van der Waals surface area contributed by atoms with Crippen molar-refractivity contribution in [1.29, 1.82) is 0 Å². The maximum Gasteiger partial charge on any atom is 0.295 e. The zero-order valence-electron chi connectivity index (χ0n) is 22.7. The average molecular weight is 508 g/mol. The third-order valence-corrected chi connectivity index (χ3v) is 7.25. The fraction of sp³-hybridized carbons (Fsp3) is 0.517. The minimum atomic E-state index is -0.700. The van der Waals surface area contributed by atoms with Gasteiger partial charge in [-0.1, -0.05) is 58.9 Å². The van der Waals surface area contributed by atoms with Crippen molar-refractivity contribution in [2.45, 2.75) is 84.4 Å². The first-order valence-corrected chi connectivity index (χ1v) is 13.1. The Labute approximate surface area is 218 Å². The van der Waals surface area contributed by atoms with E-state index < -0.39 is 18.2 Å². The molecular formula is C29H39N4O4+. The maximum atomic E-state index is 13.8. The van der Waals surface area contributed by atoms with Crippen LogP contribution in [-0.2, 0) is 21.4 Å². The molecule has 0 spiro atoms. The zero-order chi connectivity index (χ0) is 26.9. The predicted octanol–water partition coefficient (Wildman–Crippen LogP) is 3.92. The summed E-state index contributed by atoms with van der Waals surface area (Å²) in [5, 5.41) is 13.7. The van der Waals surface area contributed by atoms with Crippen LogP contribution in [0.2, 0.25) is 0 Å². The molecule has 0 saturated carbocycles. The maximum absolute atomic E-state index is 13.8. The summed E-state index contributed by atoms with van der Waals surface area (Å²) in [5.41, 5.74) is 3.85. The number of rotatable bonds is 8. The second-order valence-corrected chi connectivity index (χ2v) is 11.5. The molecule has 2 aromatic heterocycles. The molecule has 0 bridgehead atoms. The Kier molecular flexibility index (Phi) is 7.69. The van der Waals surface area contributed by atoms with Crippen LogP contribution < -0.4 is 4.68 Å². The number of aryl methyl sites for hydroxylation is 2. The highest BCUT2D eigenvalue weighted by Crippen LogP contribution is 2.27. The number of amides is 1. The van der Waals surface area contributed by atoms with Crippen LogP contribution in [0.4, 0.5) is 0 Å². The lowest BCUT2D eigenvalue weighted by Gasteiger charge is -2.26. The van der Waals surface area contributed by atoms with Gasteiger partial charge in [0.1, 0.15) is 0 Å². The van der Waals surface area contributed by atoms with Gasteiger partial charge in [-0.15, -0.1) is 4.68 Å². The monoisotopic (exact) mass is 507 g/mol. The van der Waals surface area contributed by atoms with Crippen LogP contribution in [0.5, 0.6) is 0 Å². The number of nitrogens with one attached hydrogen (secondary N) is 1. The third kappa shape index (κ3) is 5.85. The summed E-state index contributed by atoms with van der Waals surface area (Å²) in [6.07, 6.45) is 5.79. The van der Waals surface area contributed by atoms with Crippen molar-refractivity contribution in [3.05, 3.63) is 59.9 Å². The second-order valence-electron chi connectivity index (χ2n) is 11.5. The van der Waals surface area contributed by atoms with E-state index in [0.29, 0.717) is 12.8 Å². The average Bonchev–Trinajstić information content (AvgIpc) is 3.57. The van der Waals surface area contributed by atoms with Gasteiger partial charge in [0.25, 0.3) is 11.9 Å². The van der Waals surface area contributed by atoms with Crippen molar-refractivity contribution in [1.82, 2.24) is 15.0 Å². The van der Waals surface area contributed by atoms with Gasteiger partial charge in [-0.25, -0.2) is 4.98 Å². The lowest BCUT2D eigenvalue weighted by molar-refractivity contribution is -0.767. The molecule has 1 aliphatic rings. The molecule has 8 heteroatoms. The number of oxazole rings is 1. The van der Waals surface area contributed by atoms with Gasteiger partial charge in [0, 0.05) is 36.4 Å². The van der Waals surface area contributed by atoms with Gasteiger partial charge in [0.2, 0.25) is 0 Å². The Bertz CT molecular complexity index is 1240. The standard InChI is InChI=1S/C29H38N4O4/c1-18(2)26(33-15-22(14-31-33)29(4,5)6)28(36)32-16-23(34)13-24(32)25(35)12-9-20-7-10-21(11-8-20)27-19(3)30-17-37-27/h7-8,10-11,14-15,17-18,23-24,26,34H,9,12-13,16H2,1-6H3/p+1. The number of nitrogens with zero attached hydrogens (tertiary/aromatic N) is 3. The summed E-state index contributed by atoms with van der Waals surface area (Å²) in [4.78, 5) is 32.8. The summed E-state index contributed by atoms with van der Waals surface area (Å²) >= 11 is 0. The number of aromatic nitrogens is 3. The zero-order valence-corrected chi connectivity index (χ0v) is 22.7. The van der Waals surface area contributed by atoms with Gasteiger partial charge >= 0.3 is 0 Å². The molecule has 1 aliphatic heterocycles. The lowest BCUT2D eigenvalue weighted by atomic mass is 9.90. The van der Waals surface area contributed by atoms with Crippen molar-refractivity contribution in [3.63, 3.8) is 0 Å². The number of Topliss-reactive ketones (excluding diaryl/α,β-unsaturated/α-hetero) is 1. The topological polar surface area (TPSA) is 103 Å². The van der Waals surface area contributed by atoms with E-state index in [1.807, 2.05) is 62.1 Å².